The topological polar surface area (TPSA) is 55.1 Å². The maximum atomic E-state index is 13.1. The Hall–Kier alpha value is -2.95. The lowest BCUT2D eigenvalue weighted by molar-refractivity contribution is 0.0950. The largest absolute Gasteiger partial charge is 0.463 e. The molecular weight excluding hydrogens is 283 g/mol. The first-order valence-electron chi connectivity index (χ1n) is 6.75. The number of hydrogen-bond acceptors (Lipinski definition) is 3. The van der Waals surface area contributed by atoms with Crippen LogP contribution < -0.4 is 5.32 Å². The molecule has 0 spiro atoms. The Kier molecular flexibility index (Phi) is 3.96. The fourth-order valence-electron chi connectivity index (χ4n) is 2.06. The van der Waals surface area contributed by atoms with Crippen molar-refractivity contribution in [1.82, 2.24) is 10.3 Å². The lowest BCUT2D eigenvalue weighted by Gasteiger charge is -2.06. The average Bonchev–Trinajstić information content (AvgIpc) is 3.07. The second-order valence-electron chi connectivity index (χ2n) is 4.72. The van der Waals surface area contributed by atoms with Crippen molar-refractivity contribution in [2.45, 2.75) is 6.54 Å². The molecule has 110 valence electrons. The normalized spacial score (nSPS) is 10.4. The average molecular weight is 296 g/mol. The van der Waals surface area contributed by atoms with Crippen molar-refractivity contribution < 1.29 is 13.6 Å². The van der Waals surface area contributed by atoms with Gasteiger partial charge in [0.25, 0.3) is 5.91 Å². The number of furan rings is 1. The number of amides is 1. The highest BCUT2D eigenvalue weighted by molar-refractivity contribution is 5.94. The predicted molar refractivity (Wildman–Crippen MR) is 79.5 cm³/mol. The van der Waals surface area contributed by atoms with Gasteiger partial charge < -0.3 is 9.73 Å². The second kappa shape index (κ2) is 6.22. The summed E-state index contributed by atoms with van der Waals surface area (Å²) in [6, 6.07) is 12.8. The van der Waals surface area contributed by atoms with Crippen molar-refractivity contribution in [1.29, 1.82) is 0 Å². The quantitative estimate of drug-likeness (QED) is 0.802. The second-order valence-corrected chi connectivity index (χ2v) is 4.72. The summed E-state index contributed by atoms with van der Waals surface area (Å²) in [6.07, 6.45) is 3.23. The van der Waals surface area contributed by atoms with Gasteiger partial charge in [-0.2, -0.15) is 0 Å². The molecule has 0 saturated heterocycles. The Bertz CT molecular complexity index is 785. The molecule has 0 aliphatic heterocycles. The van der Waals surface area contributed by atoms with E-state index in [-0.39, 0.29) is 5.91 Å². The molecule has 0 unspecified atom stereocenters. The van der Waals surface area contributed by atoms with E-state index in [0.717, 1.165) is 5.56 Å². The van der Waals surface area contributed by atoms with Gasteiger partial charge >= 0.3 is 0 Å². The van der Waals surface area contributed by atoms with Crippen LogP contribution in [-0.4, -0.2) is 10.9 Å². The van der Waals surface area contributed by atoms with Crippen LogP contribution in [0.4, 0.5) is 4.39 Å². The van der Waals surface area contributed by atoms with E-state index in [4.69, 9.17) is 4.42 Å². The van der Waals surface area contributed by atoms with Crippen molar-refractivity contribution in [2.75, 3.05) is 0 Å². The molecule has 2 heterocycles. The van der Waals surface area contributed by atoms with Gasteiger partial charge in [-0.3, -0.25) is 9.78 Å². The van der Waals surface area contributed by atoms with Gasteiger partial charge in [-0.05, 0) is 48.0 Å². The SMILES string of the molecule is O=C(NCc1ccnc(-c2ccco2)c1)c1cccc(F)c1. The number of rotatable bonds is 4. The number of hydrogen-bond donors (Lipinski definition) is 1. The first kappa shape index (κ1) is 14.0. The first-order chi connectivity index (χ1) is 10.7. The number of pyridine rings is 1. The highest BCUT2D eigenvalue weighted by Crippen LogP contribution is 2.18. The van der Waals surface area contributed by atoms with Gasteiger partial charge in [0.1, 0.15) is 11.5 Å². The summed E-state index contributed by atoms with van der Waals surface area (Å²) in [6.45, 7) is 0.325. The molecule has 1 N–H and O–H groups in total. The van der Waals surface area contributed by atoms with Crippen LogP contribution in [0.5, 0.6) is 0 Å². The molecule has 0 radical (unpaired) electrons. The van der Waals surface area contributed by atoms with Crippen molar-refractivity contribution >= 4 is 5.91 Å². The maximum absolute atomic E-state index is 13.1. The number of nitrogens with zero attached hydrogens (tertiary/aromatic N) is 1. The van der Waals surface area contributed by atoms with E-state index >= 15 is 0 Å². The molecule has 3 aromatic rings. The van der Waals surface area contributed by atoms with Gasteiger partial charge in [0.2, 0.25) is 0 Å². The molecular formula is C17H13FN2O2. The first-order valence-corrected chi connectivity index (χ1v) is 6.75. The standard InChI is InChI=1S/C17H13FN2O2/c18-14-4-1-3-13(10-14)17(21)20-11-12-6-7-19-15(9-12)16-5-2-8-22-16/h1-10H,11H2,(H,20,21). The summed E-state index contributed by atoms with van der Waals surface area (Å²) in [5.41, 5.74) is 1.87. The monoisotopic (exact) mass is 296 g/mol. The van der Waals surface area contributed by atoms with Crippen molar-refractivity contribution in [3.05, 3.63) is 77.9 Å². The Morgan fingerprint density at radius 3 is 2.86 bits per heavy atom. The molecule has 4 nitrogen and oxygen atoms in total. The van der Waals surface area contributed by atoms with Crippen LogP contribution in [0, 0.1) is 5.82 Å². The highest BCUT2D eigenvalue weighted by Gasteiger charge is 2.07. The van der Waals surface area contributed by atoms with Crippen molar-refractivity contribution in [2.24, 2.45) is 0 Å². The molecule has 5 heteroatoms. The Morgan fingerprint density at radius 2 is 2.09 bits per heavy atom. The van der Waals surface area contributed by atoms with Crippen LogP contribution in [0.1, 0.15) is 15.9 Å². The lowest BCUT2D eigenvalue weighted by Crippen LogP contribution is -2.22. The maximum Gasteiger partial charge on any atom is 0.251 e. The number of carbonyl (C=O) groups is 1. The zero-order chi connectivity index (χ0) is 15.4. The third kappa shape index (κ3) is 3.20. The molecule has 0 aliphatic carbocycles. The molecule has 1 amide bonds. The summed E-state index contributed by atoms with van der Waals surface area (Å²) in [7, 11) is 0. The van der Waals surface area contributed by atoms with Crippen LogP contribution in [-0.2, 0) is 6.54 Å². The third-order valence-electron chi connectivity index (χ3n) is 3.14. The zero-order valence-corrected chi connectivity index (χ0v) is 11.6. The molecule has 0 fully saturated rings. The highest BCUT2D eigenvalue weighted by atomic mass is 19.1. The van der Waals surface area contributed by atoms with E-state index in [2.05, 4.69) is 10.3 Å². The number of benzene rings is 1. The van der Waals surface area contributed by atoms with Gasteiger partial charge in [-0.25, -0.2) is 4.39 Å². The van der Waals surface area contributed by atoms with Crippen LogP contribution in [0.3, 0.4) is 0 Å². The molecule has 0 bridgehead atoms. The fourth-order valence-corrected chi connectivity index (χ4v) is 2.06. The van der Waals surface area contributed by atoms with Crippen LogP contribution in [0.25, 0.3) is 11.5 Å². The van der Waals surface area contributed by atoms with Crippen molar-refractivity contribution in [3.63, 3.8) is 0 Å². The van der Waals surface area contributed by atoms with Crippen LogP contribution in [0.2, 0.25) is 0 Å². The lowest BCUT2D eigenvalue weighted by atomic mass is 10.2. The third-order valence-corrected chi connectivity index (χ3v) is 3.14. The Labute approximate surface area is 126 Å². The van der Waals surface area contributed by atoms with E-state index in [1.807, 2.05) is 12.1 Å². The van der Waals surface area contributed by atoms with Crippen LogP contribution >= 0.6 is 0 Å². The molecule has 0 atom stereocenters. The fraction of sp³-hybridized carbons (Fsp3) is 0.0588. The minimum atomic E-state index is -0.434. The summed E-state index contributed by atoms with van der Waals surface area (Å²) < 4.78 is 18.4. The van der Waals surface area contributed by atoms with Crippen molar-refractivity contribution in [3.8, 4) is 11.5 Å². The van der Waals surface area contributed by atoms with Crippen LogP contribution in [0.15, 0.2) is 65.4 Å². The smallest absolute Gasteiger partial charge is 0.251 e. The van der Waals surface area contributed by atoms with E-state index in [1.54, 1.807) is 30.7 Å². The number of carbonyl (C=O) groups excluding carboxylic acids is 1. The Morgan fingerprint density at radius 1 is 1.18 bits per heavy atom. The summed E-state index contributed by atoms with van der Waals surface area (Å²) in [5.74, 6) is -0.0918. The number of nitrogens with one attached hydrogen (secondary N) is 1. The minimum absolute atomic E-state index is 0.292. The predicted octanol–water partition coefficient (Wildman–Crippen LogP) is 3.41. The van der Waals surface area contributed by atoms with Gasteiger partial charge in [0.05, 0.1) is 6.26 Å². The molecule has 0 saturated carbocycles. The van der Waals surface area contributed by atoms with Gasteiger partial charge in [-0.15, -0.1) is 0 Å². The minimum Gasteiger partial charge on any atom is -0.463 e. The molecule has 3 rings (SSSR count). The summed E-state index contributed by atoms with van der Waals surface area (Å²) in [4.78, 5) is 16.2. The molecule has 2 aromatic heterocycles. The molecule has 0 aliphatic rings. The van der Waals surface area contributed by atoms with E-state index in [0.29, 0.717) is 23.6 Å². The summed E-state index contributed by atoms with van der Waals surface area (Å²) in [5, 5.41) is 2.75. The van der Waals surface area contributed by atoms with E-state index in [9.17, 15) is 9.18 Å². The zero-order valence-electron chi connectivity index (χ0n) is 11.6. The Balaban J connectivity index is 1.69. The van der Waals surface area contributed by atoms with Gasteiger partial charge in [0, 0.05) is 18.3 Å². The van der Waals surface area contributed by atoms with E-state index < -0.39 is 5.82 Å². The number of halogens is 1. The van der Waals surface area contributed by atoms with Gasteiger partial charge in [-0.1, -0.05) is 6.07 Å². The summed E-state index contributed by atoms with van der Waals surface area (Å²) >= 11 is 0. The molecule has 1 aromatic carbocycles. The van der Waals surface area contributed by atoms with E-state index in [1.165, 1.54) is 18.2 Å². The van der Waals surface area contributed by atoms with Gasteiger partial charge in [0.15, 0.2) is 5.76 Å². The molecule has 22 heavy (non-hydrogen) atoms. The number of aromatic nitrogens is 1.